The van der Waals surface area contributed by atoms with Crippen LogP contribution in [0.1, 0.15) is 22.3 Å². The molecule has 0 spiro atoms. The number of anilines is 1. The Labute approximate surface area is 193 Å². The van der Waals surface area contributed by atoms with Crippen LogP contribution in [-0.4, -0.2) is 44.5 Å². The van der Waals surface area contributed by atoms with Gasteiger partial charge < -0.3 is 5.73 Å². The van der Waals surface area contributed by atoms with E-state index in [1.807, 2.05) is 19.9 Å². The Hall–Kier alpha value is -4.62. The van der Waals surface area contributed by atoms with Crippen molar-refractivity contribution >= 4 is 11.4 Å². The number of aryl methyl sites for hydroxylation is 4. The summed E-state index contributed by atoms with van der Waals surface area (Å²) in [6.45, 7) is 7.38. The second kappa shape index (κ2) is 9.09. The summed E-state index contributed by atoms with van der Waals surface area (Å²) in [5, 5.41) is 25.5. The molecule has 34 heavy (non-hydrogen) atoms. The van der Waals surface area contributed by atoms with E-state index in [2.05, 4.69) is 20.9 Å². The van der Waals surface area contributed by atoms with Gasteiger partial charge in [0.05, 0.1) is 16.3 Å². The summed E-state index contributed by atoms with van der Waals surface area (Å²) in [4.78, 5) is 33.8. The zero-order valence-electron chi connectivity index (χ0n) is 19.5. The van der Waals surface area contributed by atoms with Crippen molar-refractivity contribution in [2.45, 2.75) is 27.7 Å². The lowest BCUT2D eigenvalue weighted by molar-refractivity contribution is -0.384. The van der Waals surface area contributed by atoms with Crippen LogP contribution in [-0.2, 0) is 14.1 Å². The molecule has 2 N–H and O–H groups in total. The molecule has 0 saturated heterocycles. The number of hydrogen-bond donors (Lipinski definition) is 1. The van der Waals surface area contributed by atoms with Gasteiger partial charge in [-0.15, -0.1) is 0 Å². The standard InChI is InChI=1S/C10H11N5O3.C10H13N5O/c1-6-4-8(15(17)18)5-9(7(6)2)14-10(16)13(3)11-12-14;1-6-4-8(11)5-9(7(6)2)15-10(16)14(3)12-13-15/h4-5H,1-3H3;4-5H,11H2,1-3H3. The molecule has 14 heteroatoms. The number of rotatable bonds is 3. The van der Waals surface area contributed by atoms with Crippen LogP contribution in [0, 0.1) is 37.8 Å². The Morgan fingerprint density at radius 1 is 0.765 bits per heavy atom. The molecule has 0 fully saturated rings. The second-order valence-electron chi connectivity index (χ2n) is 7.74. The van der Waals surface area contributed by atoms with Crippen LogP contribution in [0.5, 0.6) is 0 Å². The first-order valence-electron chi connectivity index (χ1n) is 10.0. The van der Waals surface area contributed by atoms with E-state index < -0.39 is 10.6 Å². The van der Waals surface area contributed by atoms with E-state index >= 15 is 0 Å². The molecule has 0 amide bonds. The molecule has 2 heterocycles. The summed E-state index contributed by atoms with van der Waals surface area (Å²) in [7, 11) is 3.02. The number of benzene rings is 2. The number of hydrogen-bond acceptors (Lipinski definition) is 9. The third-order valence-electron chi connectivity index (χ3n) is 5.40. The molecule has 4 rings (SSSR count). The molecule has 2 aromatic carbocycles. The molecule has 2 aromatic heterocycles. The van der Waals surface area contributed by atoms with Crippen molar-refractivity contribution in [1.29, 1.82) is 0 Å². The predicted octanol–water partition coefficient (Wildman–Crippen LogP) is 0.656. The van der Waals surface area contributed by atoms with Crippen LogP contribution in [0.4, 0.5) is 11.4 Å². The number of nitrogen functional groups attached to an aromatic ring is 1. The maximum absolute atomic E-state index is 11.7. The molecular formula is C20H24N10O4. The fraction of sp³-hybridized carbons (Fsp3) is 0.300. The van der Waals surface area contributed by atoms with Gasteiger partial charge in [0.15, 0.2) is 0 Å². The van der Waals surface area contributed by atoms with Crippen molar-refractivity contribution in [2.24, 2.45) is 14.1 Å². The van der Waals surface area contributed by atoms with Gasteiger partial charge in [-0.3, -0.25) is 10.1 Å². The molecule has 0 aliphatic carbocycles. The first-order valence-corrected chi connectivity index (χ1v) is 10.0. The van der Waals surface area contributed by atoms with Crippen molar-refractivity contribution in [3.63, 3.8) is 0 Å². The van der Waals surface area contributed by atoms with Gasteiger partial charge in [-0.05, 0) is 82.9 Å². The molecule has 0 radical (unpaired) electrons. The fourth-order valence-corrected chi connectivity index (χ4v) is 3.17. The third-order valence-corrected chi connectivity index (χ3v) is 5.40. The number of nitro groups is 1. The SMILES string of the molecule is Cc1cc(N)cc(-n2nnn(C)c2=O)c1C.Cc1cc([N+](=O)[O-])cc(-n2nnn(C)c2=O)c1C. The smallest absolute Gasteiger partial charge is 0.368 e. The highest BCUT2D eigenvalue weighted by Crippen LogP contribution is 2.23. The molecule has 0 saturated carbocycles. The number of aromatic nitrogens is 8. The van der Waals surface area contributed by atoms with Crippen LogP contribution >= 0.6 is 0 Å². The summed E-state index contributed by atoms with van der Waals surface area (Å²) >= 11 is 0. The highest BCUT2D eigenvalue weighted by molar-refractivity contribution is 5.55. The van der Waals surface area contributed by atoms with Crippen LogP contribution in [0.15, 0.2) is 33.9 Å². The summed E-state index contributed by atoms with van der Waals surface area (Å²) in [6, 6.07) is 6.36. The minimum Gasteiger partial charge on any atom is -0.399 e. The number of nitro benzene ring substituents is 1. The maximum atomic E-state index is 11.7. The van der Waals surface area contributed by atoms with Crippen LogP contribution in [0.2, 0.25) is 0 Å². The zero-order valence-corrected chi connectivity index (χ0v) is 19.5. The first-order chi connectivity index (χ1) is 15.9. The van der Waals surface area contributed by atoms with Gasteiger partial charge in [-0.25, -0.2) is 9.59 Å². The Morgan fingerprint density at radius 3 is 1.62 bits per heavy atom. The largest absolute Gasteiger partial charge is 0.399 e. The quantitative estimate of drug-likeness (QED) is 0.257. The Balaban J connectivity index is 0.000000192. The van der Waals surface area contributed by atoms with Gasteiger partial charge in [0, 0.05) is 31.9 Å². The number of nitrogens with zero attached hydrogens (tertiary/aromatic N) is 9. The fourth-order valence-electron chi connectivity index (χ4n) is 3.17. The van der Waals surface area contributed by atoms with Crippen LogP contribution in [0.3, 0.4) is 0 Å². The summed E-state index contributed by atoms with van der Waals surface area (Å²) in [5.74, 6) is 0. The lowest BCUT2D eigenvalue weighted by atomic mass is 10.1. The Morgan fingerprint density at radius 2 is 1.21 bits per heavy atom. The highest BCUT2D eigenvalue weighted by atomic mass is 16.6. The van der Waals surface area contributed by atoms with Gasteiger partial charge in [-0.1, -0.05) is 0 Å². The molecule has 0 bridgehead atoms. The monoisotopic (exact) mass is 468 g/mol. The lowest BCUT2D eigenvalue weighted by Crippen LogP contribution is -2.22. The zero-order chi connectivity index (χ0) is 25.3. The molecular weight excluding hydrogens is 444 g/mol. The van der Waals surface area contributed by atoms with Gasteiger partial charge >= 0.3 is 11.4 Å². The predicted molar refractivity (Wildman–Crippen MR) is 123 cm³/mol. The van der Waals surface area contributed by atoms with E-state index in [9.17, 15) is 19.7 Å². The van der Waals surface area contributed by atoms with Crippen LogP contribution < -0.4 is 17.1 Å². The molecule has 178 valence electrons. The normalized spacial score (nSPS) is 10.6. The molecule has 0 aliphatic rings. The van der Waals surface area contributed by atoms with Crippen molar-refractivity contribution < 1.29 is 4.92 Å². The maximum Gasteiger partial charge on any atom is 0.368 e. The third kappa shape index (κ3) is 4.46. The van der Waals surface area contributed by atoms with Gasteiger partial charge in [0.25, 0.3) is 5.69 Å². The Kier molecular flexibility index (Phi) is 6.42. The average molecular weight is 468 g/mol. The Bertz CT molecular complexity index is 1510. The van der Waals surface area contributed by atoms with Crippen LogP contribution in [0.25, 0.3) is 11.4 Å². The van der Waals surface area contributed by atoms with E-state index in [-0.39, 0.29) is 11.4 Å². The van der Waals surface area contributed by atoms with Gasteiger partial charge in [0.2, 0.25) is 0 Å². The summed E-state index contributed by atoms with van der Waals surface area (Å²) in [6.07, 6.45) is 0. The summed E-state index contributed by atoms with van der Waals surface area (Å²) in [5.41, 5.74) is 10.1. The molecule has 0 aliphatic heterocycles. The van der Waals surface area contributed by atoms with Crippen molar-refractivity contribution in [1.82, 2.24) is 39.6 Å². The highest BCUT2D eigenvalue weighted by Gasteiger charge is 2.16. The minimum atomic E-state index is -0.503. The van der Waals surface area contributed by atoms with E-state index in [1.54, 1.807) is 27.0 Å². The van der Waals surface area contributed by atoms with E-state index in [1.165, 1.54) is 28.5 Å². The van der Waals surface area contributed by atoms with Crippen molar-refractivity contribution in [3.05, 3.63) is 77.6 Å². The second-order valence-corrected chi connectivity index (χ2v) is 7.74. The molecule has 0 unspecified atom stereocenters. The number of tetrazole rings is 2. The van der Waals surface area contributed by atoms with E-state index in [4.69, 9.17) is 5.73 Å². The van der Waals surface area contributed by atoms with Crippen molar-refractivity contribution in [2.75, 3.05) is 5.73 Å². The topological polar surface area (TPSA) is 175 Å². The minimum absolute atomic E-state index is 0.0781. The average Bonchev–Trinajstić information content (AvgIpc) is 3.28. The lowest BCUT2D eigenvalue weighted by Gasteiger charge is -2.08. The number of nitrogens with two attached hydrogens (primary N) is 1. The molecule has 4 aromatic rings. The van der Waals surface area contributed by atoms with E-state index in [0.29, 0.717) is 17.1 Å². The van der Waals surface area contributed by atoms with Gasteiger partial charge in [-0.2, -0.15) is 18.7 Å². The van der Waals surface area contributed by atoms with E-state index in [0.717, 1.165) is 31.6 Å². The van der Waals surface area contributed by atoms with Crippen molar-refractivity contribution in [3.8, 4) is 11.4 Å². The van der Waals surface area contributed by atoms with Gasteiger partial charge in [0.1, 0.15) is 0 Å². The molecule has 0 atom stereocenters. The summed E-state index contributed by atoms with van der Waals surface area (Å²) < 4.78 is 4.54. The first kappa shape index (κ1) is 24.0. The molecule has 14 nitrogen and oxygen atoms in total. The number of non-ortho nitro benzene ring substituents is 1.